The Balaban J connectivity index is 1.99. The highest BCUT2D eigenvalue weighted by molar-refractivity contribution is 5.92. The Kier molecular flexibility index (Phi) is 4.30. The van der Waals surface area contributed by atoms with Crippen molar-refractivity contribution in [2.45, 2.75) is 6.92 Å². The molecule has 0 unspecified atom stereocenters. The van der Waals surface area contributed by atoms with Gasteiger partial charge in [-0.1, -0.05) is 5.16 Å². The van der Waals surface area contributed by atoms with Crippen LogP contribution in [-0.2, 0) is 0 Å². The van der Waals surface area contributed by atoms with Crippen molar-refractivity contribution in [1.29, 1.82) is 0 Å². The van der Waals surface area contributed by atoms with Crippen LogP contribution in [0.3, 0.4) is 0 Å². The van der Waals surface area contributed by atoms with Crippen LogP contribution < -0.4 is 10.3 Å². The normalized spacial score (nSPS) is 15.3. The second kappa shape index (κ2) is 6.68. The van der Waals surface area contributed by atoms with Crippen molar-refractivity contribution in [2.75, 3.05) is 38.1 Å². The Morgan fingerprint density at radius 3 is 2.54 bits per heavy atom. The molecule has 3 aromatic rings. The average molecular weight is 388 g/mol. The SMILES string of the molecule is Cc1nonc1-n1cc(C(=O)O)c(=O)c2cc(F)c(N3CCN(C)CC3)nc21. The molecule has 1 saturated heterocycles. The van der Waals surface area contributed by atoms with Gasteiger partial charge in [0.2, 0.25) is 11.2 Å². The molecule has 0 radical (unpaired) electrons. The van der Waals surface area contributed by atoms with Gasteiger partial charge in [-0.15, -0.1) is 0 Å². The summed E-state index contributed by atoms with van der Waals surface area (Å²) in [6.07, 6.45) is 1.11. The van der Waals surface area contributed by atoms with E-state index in [1.807, 2.05) is 7.05 Å². The minimum Gasteiger partial charge on any atom is -0.477 e. The van der Waals surface area contributed by atoms with E-state index in [1.54, 1.807) is 11.8 Å². The van der Waals surface area contributed by atoms with Crippen LogP contribution in [0.2, 0.25) is 0 Å². The van der Waals surface area contributed by atoms with E-state index in [9.17, 15) is 19.1 Å². The summed E-state index contributed by atoms with van der Waals surface area (Å²) in [5.74, 6) is -1.83. The number of aromatic carboxylic acids is 1. The topological polar surface area (TPSA) is 118 Å². The summed E-state index contributed by atoms with van der Waals surface area (Å²) in [4.78, 5) is 32.4. The van der Waals surface area contributed by atoms with Gasteiger partial charge in [0.05, 0.1) is 5.39 Å². The van der Waals surface area contributed by atoms with Gasteiger partial charge in [-0.2, -0.15) is 0 Å². The summed E-state index contributed by atoms with van der Waals surface area (Å²) in [5.41, 5.74) is -0.884. The van der Waals surface area contributed by atoms with Gasteiger partial charge >= 0.3 is 5.97 Å². The van der Waals surface area contributed by atoms with E-state index < -0.39 is 22.8 Å². The molecule has 0 spiro atoms. The number of carboxylic acid groups (broad SMARTS) is 1. The zero-order chi connectivity index (χ0) is 20.0. The van der Waals surface area contributed by atoms with Crippen LogP contribution in [0.25, 0.3) is 16.9 Å². The molecule has 3 aromatic heterocycles. The first-order chi connectivity index (χ1) is 13.4. The van der Waals surface area contributed by atoms with E-state index in [-0.39, 0.29) is 22.7 Å². The van der Waals surface area contributed by atoms with E-state index in [0.717, 1.165) is 25.4 Å². The van der Waals surface area contributed by atoms with Gasteiger partial charge in [0.1, 0.15) is 11.3 Å². The number of likely N-dealkylation sites (N-methyl/N-ethyl adjacent to an activating group) is 1. The first kappa shape index (κ1) is 18.0. The molecular formula is C17H17FN6O4. The summed E-state index contributed by atoms with van der Waals surface area (Å²) in [6.45, 7) is 4.26. The van der Waals surface area contributed by atoms with Crippen molar-refractivity contribution in [3.63, 3.8) is 0 Å². The van der Waals surface area contributed by atoms with Crippen molar-refractivity contribution >= 4 is 22.8 Å². The molecule has 146 valence electrons. The molecule has 4 rings (SSSR count). The van der Waals surface area contributed by atoms with E-state index in [1.165, 1.54) is 4.57 Å². The first-order valence-electron chi connectivity index (χ1n) is 8.59. The summed E-state index contributed by atoms with van der Waals surface area (Å²) in [7, 11) is 1.98. The number of pyridine rings is 2. The van der Waals surface area contributed by atoms with E-state index in [4.69, 9.17) is 4.63 Å². The number of carboxylic acids is 1. The van der Waals surface area contributed by atoms with Crippen LogP contribution >= 0.6 is 0 Å². The zero-order valence-corrected chi connectivity index (χ0v) is 15.2. The number of aromatic nitrogens is 4. The quantitative estimate of drug-likeness (QED) is 0.690. The maximum absolute atomic E-state index is 14.8. The number of aryl methyl sites for hydroxylation is 1. The summed E-state index contributed by atoms with van der Waals surface area (Å²) in [5, 5.41) is 16.7. The average Bonchev–Trinajstić information content (AvgIpc) is 3.08. The van der Waals surface area contributed by atoms with Gasteiger partial charge in [-0.25, -0.2) is 18.8 Å². The highest BCUT2D eigenvalue weighted by atomic mass is 19.1. The van der Waals surface area contributed by atoms with Gasteiger partial charge in [-0.05, 0) is 25.2 Å². The van der Waals surface area contributed by atoms with Crippen molar-refractivity contribution in [3.8, 4) is 5.82 Å². The number of hydrogen-bond acceptors (Lipinski definition) is 8. The Labute approximate surface area is 157 Å². The molecule has 1 fully saturated rings. The summed E-state index contributed by atoms with van der Waals surface area (Å²) < 4.78 is 20.8. The van der Waals surface area contributed by atoms with Crippen LogP contribution in [0.5, 0.6) is 0 Å². The predicted molar refractivity (Wildman–Crippen MR) is 96.6 cm³/mol. The maximum atomic E-state index is 14.8. The molecule has 10 nitrogen and oxygen atoms in total. The van der Waals surface area contributed by atoms with Gasteiger partial charge in [0.25, 0.3) is 0 Å². The fourth-order valence-electron chi connectivity index (χ4n) is 3.21. The molecule has 0 aromatic carbocycles. The standard InChI is InChI=1S/C17H17FN6O4/c1-9-14(21-28-20-9)24-8-11(17(26)27)13(25)10-7-12(18)16(19-15(10)24)23-5-3-22(2)4-6-23/h7-8H,3-6H2,1-2H3,(H,26,27). The fraction of sp³-hybridized carbons (Fsp3) is 0.353. The molecule has 0 saturated carbocycles. The lowest BCUT2D eigenvalue weighted by Gasteiger charge is -2.33. The Morgan fingerprint density at radius 2 is 1.93 bits per heavy atom. The smallest absolute Gasteiger partial charge is 0.341 e. The number of fused-ring (bicyclic) bond motifs is 1. The van der Waals surface area contributed by atoms with Gasteiger partial charge < -0.3 is 14.9 Å². The molecule has 0 bridgehead atoms. The van der Waals surface area contributed by atoms with E-state index in [0.29, 0.717) is 18.8 Å². The zero-order valence-electron chi connectivity index (χ0n) is 15.2. The number of anilines is 1. The number of hydrogen-bond donors (Lipinski definition) is 1. The third-order valence-corrected chi connectivity index (χ3v) is 4.80. The maximum Gasteiger partial charge on any atom is 0.341 e. The number of nitrogens with zero attached hydrogens (tertiary/aromatic N) is 6. The number of piperazine rings is 1. The Morgan fingerprint density at radius 1 is 1.21 bits per heavy atom. The molecular weight excluding hydrogens is 371 g/mol. The van der Waals surface area contributed by atoms with Crippen molar-refractivity contribution in [1.82, 2.24) is 24.8 Å². The largest absolute Gasteiger partial charge is 0.477 e. The molecule has 0 amide bonds. The molecule has 1 N–H and O–H groups in total. The van der Waals surface area contributed by atoms with Gasteiger partial charge in [-0.3, -0.25) is 9.36 Å². The lowest BCUT2D eigenvalue weighted by molar-refractivity contribution is 0.0695. The van der Waals surface area contributed by atoms with Crippen LogP contribution in [0.15, 0.2) is 21.7 Å². The monoisotopic (exact) mass is 388 g/mol. The van der Waals surface area contributed by atoms with Gasteiger partial charge in [0, 0.05) is 32.4 Å². The van der Waals surface area contributed by atoms with Crippen LogP contribution in [0.1, 0.15) is 16.1 Å². The highest BCUT2D eigenvalue weighted by Gasteiger charge is 2.24. The van der Waals surface area contributed by atoms with Crippen molar-refractivity contribution in [3.05, 3.63) is 39.6 Å². The molecule has 1 aliphatic heterocycles. The van der Waals surface area contributed by atoms with Crippen LogP contribution in [0.4, 0.5) is 10.2 Å². The first-order valence-corrected chi connectivity index (χ1v) is 8.59. The lowest BCUT2D eigenvalue weighted by atomic mass is 10.1. The minimum absolute atomic E-state index is 0.0872. The van der Waals surface area contributed by atoms with E-state index >= 15 is 0 Å². The number of carbonyl (C=O) groups is 1. The van der Waals surface area contributed by atoms with Crippen molar-refractivity contribution in [2.24, 2.45) is 0 Å². The summed E-state index contributed by atoms with van der Waals surface area (Å²) >= 11 is 0. The molecule has 0 aliphatic carbocycles. The number of rotatable bonds is 3. The minimum atomic E-state index is -1.43. The fourth-order valence-corrected chi connectivity index (χ4v) is 3.21. The van der Waals surface area contributed by atoms with Crippen LogP contribution in [0, 0.1) is 12.7 Å². The Hall–Kier alpha value is -3.34. The number of halogens is 1. The second-order valence-electron chi connectivity index (χ2n) is 6.68. The molecule has 28 heavy (non-hydrogen) atoms. The molecule has 11 heteroatoms. The van der Waals surface area contributed by atoms with Crippen LogP contribution in [-0.4, -0.2) is 69.1 Å². The third-order valence-electron chi connectivity index (χ3n) is 4.80. The van der Waals surface area contributed by atoms with Gasteiger partial charge in [0.15, 0.2) is 17.3 Å². The molecule has 1 aliphatic rings. The second-order valence-corrected chi connectivity index (χ2v) is 6.68. The van der Waals surface area contributed by atoms with E-state index in [2.05, 4.69) is 20.2 Å². The summed E-state index contributed by atoms with van der Waals surface area (Å²) in [6, 6.07) is 1.03. The third kappa shape index (κ3) is 2.89. The highest BCUT2D eigenvalue weighted by Crippen LogP contribution is 2.24. The molecule has 0 atom stereocenters. The predicted octanol–water partition coefficient (Wildman–Crippen LogP) is 0.666. The molecule has 4 heterocycles. The lowest BCUT2D eigenvalue weighted by Crippen LogP contribution is -2.45. The van der Waals surface area contributed by atoms with Crippen molar-refractivity contribution < 1.29 is 18.9 Å². The Bertz CT molecular complexity index is 1130.